The van der Waals surface area contributed by atoms with Crippen LogP contribution in [-0.4, -0.2) is 83.8 Å². The minimum Gasteiger partial charge on any atom is -0.325 e. The van der Waals surface area contributed by atoms with Gasteiger partial charge in [0.05, 0.1) is 5.52 Å². The van der Waals surface area contributed by atoms with E-state index in [2.05, 4.69) is 46.2 Å². The van der Waals surface area contributed by atoms with Gasteiger partial charge in [-0.1, -0.05) is 6.07 Å². The number of amides is 2. The van der Waals surface area contributed by atoms with Gasteiger partial charge in [0.1, 0.15) is 34.5 Å². The molecule has 2 saturated heterocycles. The first-order valence-electron chi connectivity index (χ1n) is 16.3. The summed E-state index contributed by atoms with van der Waals surface area (Å²) in [6.07, 6.45) is 8.46. The number of ketones is 1. The van der Waals surface area contributed by atoms with E-state index in [0.29, 0.717) is 33.7 Å². The predicted octanol–water partition coefficient (Wildman–Crippen LogP) is 5.26. The molecule has 47 heavy (non-hydrogen) atoms. The lowest BCUT2D eigenvalue weighted by atomic mass is 9.95. The highest BCUT2D eigenvalue weighted by Gasteiger charge is 2.66. The molecule has 3 aliphatic rings. The van der Waals surface area contributed by atoms with Gasteiger partial charge in [-0.2, -0.15) is 5.10 Å². The number of piperidine rings is 1. The molecular formula is C35H39BrN8O3. The zero-order valence-electron chi connectivity index (χ0n) is 27.2. The van der Waals surface area contributed by atoms with E-state index in [0.717, 1.165) is 60.2 Å². The van der Waals surface area contributed by atoms with Crippen molar-refractivity contribution < 1.29 is 14.4 Å². The minimum atomic E-state index is -0.622. The molecule has 11 nitrogen and oxygen atoms in total. The monoisotopic (exact) mass is 698 g/mol. The molecule has 1 saturated carbocycles. The number of nitrogens with zero attached hydrogens (tertiary/aromatic N) is 7. The number of carbonyl (C=O) groups excluding carboxylic acids is 3. The number of rotatable bonds is 9. The summed E-state index contributed by atoms with van der Waals surface area (Å²) in [6.45, 7) is 10.3. The number of Topliss-reactive ketones (excluding diaryl/α,β-unsaturated/α-hetero) is 1. The van der Waals surface area contributed by atoms with Crippen LogP contribution in [0.5, 0.6) is 0 Å². The smallest absolute Gasteiger partial charge is 0.248 e. The van der Waals surface area contributed by atoms with Crippen LogP contribution < -0.4 is 5.32 Å². The minimum absolute atomic E-state index is 0.00624. The van der Waals surface area contributed by atoms with Gasteiger partial charge < -0.3 is 15.1 Å². The number of anilines is 1. The van der Waals surface area contributed by atoms with Crippen molar-refractivity contribution in [2.75, 3.05) is 25.0 Å². The summed E-state index contributed by atoms with van der Waals surface area (Å²) in [5.41, 5.74) is 4.39. The second kappa shape index (κ2) is 12.2. The molecule has 0 spiro atoms. The van der Waals surface area contributed by atoms with Gasteiger partial charge in [0, 0.05) is 36.3 Å². The fraction of sp³-hybridized carbons (Fsp3) is 0.457. The lowest BCUT2D eigenvalue weighted by Gasteiger charge is -2.27. The molecule has 2 amide bonds. The van der Waals surface area contributed by atoms with E-state index < -0.39 is 6.04 Å². The Morgan fingerprint density at radius 2 is 1.74 bits per heavy atom. The Morgan fingerprint density at radius 3 is 2.47 bits per heavy atom. The summed E-state index contributed by atoms with van der Waals surface area (Å²) >= 11 is 3.41. The van der Waals surface area contributed by atoms with Crippen molar-refractivity contribution >= 4 is 50.2 Å². The molecule has 3 atom stereocenters. The molecule has 3 aromatic heterocycles. The number of benzene rings is 1. The topological polar surface area (TPSA) is 126 Å². The second-order valence-electron chi connectivity index (χ2n) is 13.5. The van der Waals surface area contributed by atoms with Crippen LogP contribution in [0.4, 0.5) is 5.82 Å². The van der Waals surface area contributed by atoms with Crippen molar-refractivity contribution in [3.8, 4) is 11.1 Å². The number of nitrogens with one attached hydrogen (secondary N) is 1. The zero-order valence-corrected chi connectivity index (χ0v) is 28.8. The summed E-state index contributed by atoms with van der Waals surface area (Å²) in [5, 5.41) is 8.38. The quantitative estimate of drug-likeness (QED) is 0.185. The first-order valence-corrected chi connectivity index (χ1v) is 17.1. The summed E-state index contributed by atoms with van der Waals surface area (Å²) in [7, 11) is 0. The molecular weight excluding hydrogens is 660 g/mol. The van der Waals surface area contributed by atoms with Crippen LogP contribution in [0, 0.1) is 26.2 Å². The van der Waals surface area contributed by atoms with Gasteiger partial charge in [-0.15, -0.1) is 0 Å². The summed E-state index contributed by atoms with van der Waals surface area (Å²) in [5.74, 6) is 0.574. The predicted molar refractivity (Wildman–Crippen MR) is 182 cm³/mol. The second-order valence-corrected chi connectivity index (χ2v) is 14.3. The molecule has 2 aliphatic heterocycles. The number of pyridine rings is 1. The van der Waals surface area contributed by atoms with Gasteiger partial charge in [0.2, 0.25) is 11.8 Å². The zero-order chi connectivity index (χ0) is 33.0. The van der Waals surface area contributed by atoms with Gasteiger partial charge in [0.25, 0.3) is 0 Å². The van der Waals surface area contributed by atoms with Crippen molar-refractivity contribution in [3.63, 3.8) is 0 Å². The van der Waals surface area contributed by atoms with Crippen molar-refractivity contribution in [2.24, 2.45) is 5.41 Å². The maximum absolute atomic E-state index is 14.3. The highest BCUT2D eigenvalue weighted by atomic mass is 79.9. The Bertz CT molecular complexity index is 1900. The van der Waals surface area contributed by atoms with E-state index in [1.165, 1.54) is 19.8 Å². The van der Waals surface area contributed by atoms with E-state index >= 15 is 0 Å². The first-order chi connectivity index (χ1) is 22.5. The Kier molecular flexibility index (Phi) is 8.20. The molecule has 244 valence electrons. The highest BCUT2D eigenvalue weighted by molar-refractivity contribution is 9.10. The molecule has 1 aliphatic carbocycles. The average molecular weight is 700 g/mol. The Balaban J connectivity index is 1.19. The Morgan fingerprint density at radius 1 is 1.00 bits per heavy atom. The van der Waals surface area contributed by atoms with Gasteiger partial charge in [-0.3, -0.25) is 19.1 Å². The van der Waals surface area contributed by atoms with Crippen molar-refractivity contribution in [1.29, 1.82) is 0 Å². The van der Waals surface area contributed by atoms with E-state index in [-0.39, 0.29) is 35.6 Å². The van der Waals surface area contributed by atoms with E-state index in [1.807, 2.05) is 45.0 Å². The molecule has 1 N–H and O–H groups in total. The lowest BCUT2D eigenvalue weighted by molar-refractivity contribution is -0.138. The van der Waals surface area contributed by atoms with Gasteiger partial charge in [-0.25, -0.2) is 15.0 Å². The van der Waals surface area contributed by atoms with Crippen LogP contribution in [0.15, 0.2) is 41.3 Å². The van der Waals surface area contributed by atoms with Crippen LogP contribution in [-0.2, 0) is 16.1 Å². The molecule has 1 unspecified atom stereocenters. The molecule has 12 heteroatoms. The van der Waals surface area contributed by atoms with Crippen LogP contribution in [0.25, 0.3) is 22.0 Å². The maximum atomic E-state index is 14.3. The number of fused-ring (bicyclic) bond motifs is 2. The van der Waals surface area contributed by atoms with Gasteiger partial charge in [-0.05, 0) is 129 Å². The number of aryl methyl sites for hydroxylation is 3. The molecule has 1 aromatic carbocycles. The number of halogens is 1. The number of aromatic nitrogens is 5. The number of hydrogen-bond donors (Lipinski definition) is 1. The number of likely N-dealkylation sites (tertiary alicyclic amines) is 2. The fourth-order valence-corrected chi connectivity index (χ4v) is 7.92. The van der Waals surface area contributed by atoms with E-state index in [1.54, 1.807) is 22.0 Å². The fourth-order valence-electron chi connectivity index (χ4n) is 7.62. The Labute approximate surface area is 282 Å². The van der Waals surface area contributed by atoms with Crippen LogP contribution in [0.3, 0.4) is 0 Å². The third-order valence-corrected chi connectivity index (χ3v) is 10.6. The molecule has 0 bridgehead atoms. The standard InChI is InChI=1S/C35H39BrN8O3/c1-20-7-8-29(36)39-33(20)40-34(47)27-15-35(9-12-42-10-5-6-11-42)16-28(35)44(27)30(46)19-43-32-21(2)13-24(25-17-37-23(4)38-18-25)14-26(32)31(41-43)22(3)45/h7-8,13-14,17-18,27-28H,5-6,9-12,15-16,19H2,1-4H3,(H,39,40,47)/t27-,28?,35-/m0/s1. The molecule has 4 aromatic rings. The molecule has 5 heterocycles. The Hall–Kier alpha value is -4.03. The van der Waals surface area contributed by atoms with Crippen molar-refractivity contribution in [2.45, 2.75) is 78.4 Å². The summed E-state index contributed by atoms with van der Waals surface area (Å²) in [6, 6.07) is 7.03. The lowest BCUT2D eigenvalue weighted by Crippen LogP contribution is -2.47. The van der Waals surface area contributed by atoms with Crippen LogP contribution >= 0.6 is 15.9 Å². The first kappa shape index (κ1) is 31.6. The summed E-state index contributed by atoms with van der Waals surface area (Å²) < 4.78 is 2.27. The highest BCUT2D eigenvalue weighted by Crippen LogP contribution is 2.62. The van der Waals surface area contributed by atoms with E-state index in [9.17, 15) is 14.4 Å². The van der Waals surface area contributed by atoms with E-state index in [4.69, 9.17) is 0 Å². The molecule has 0 radical (unpaired) electrons. The van der Waals surface area contributed by atoms with Gasteiger partial charge >= 0.3 is 0 Å². The third kappa shape index (κ3) is 5.97. The van der Waals surface area contributed by atoms with Crippen molar-refractivity contribution in [1.82, 2.24) is 34.5 Å². The SMILES string of the molecule is CC(=O)c1nn(CC(=O)N2C3C[C@]3(CCN3CCCC3)C[C@H]2C(=O)Nc2nc(Br)ccc2C)c2c(C)cc(-c3cnc(C)nc3)cc12. The number of hydrogen-bond acceptors (Lipinski definition) is 8. The van der Waals surface area contributed by atoms with Crippen LogP contribution in [0.1, 0.15) is 66.5 Å². The van der Waals surface area contributed by atoms with Gasteiger partial charge in [0.15, 0.2) is 5.78 Å². The maximum Gasteiger partial charge on any atom is 0.248 e. The third-order valence-electron chi connectivity index (χ3n) is 10.2. The molecule has 3 fully saturated rings. The summed E-state index contributed by atoms with van der Waals surface area (Å²) in [4.78, 5) is 58.5. The van der Waals surface area contributed by atoms with Crippen molar-refractivity contribution in [3.05, 3.63) is 63.9 Å². The normalized spacial score (nSPS) is 22.1. The average Bonchev–Trinajstić information content (AvgIpc) is 3.39. The van der Waals surface area contributed by atoms with Crippen LogP contribution in [0.2, 0.25) is 0 Å². The molecule has 7 rings (SSSR count). The largest absolute Gasteiger partial charge is 0.325 e. The number of carbonyl (C=O) groups is 3.